The maximum Gasteiger partial charge on any atom is 0.243 e. The lowest BCUT2D eigenvalue weighted by Crippen LogP contribution is -2.47. The van der Waals surface area contributed by atoms with Crippen molar-refractivity contribution in [3.8, 4) is 0 Å². The van der Waals surface area contributed by atoms with Crippen LogP contribution in [0.15, 0.2) is 29.2 Å². The van der Waals surface area contributed by atoms with E-state index in [1.807, 2.05) is 11.8 Å². The molecule has 2 saturated heterocycles. The third kappa shape index (κ3) is 4.23. The molecule has 0 amide bonds. The van der Waals surface area contributed by atoms with Crippen molar-refractivity contribution < 1.29 is 8.42 Å². The maximum absolute atomic E-state index is 13.1. The summed E-state index contributed by atoms with van der Waals surface area (Å²) in [5.41, 5.74) is 0. The van der Waals surface area contributed by atoms with Crippen LogP contribution in [-0.4, -0.2) is 61.3 Å². The minimum atomic E-state index is -3.49. The fourth-order valence-electron chi connectivity index (χ4n) is 3.29. The highest BCUT2D eigenvalue weighted by atomic mass is 35.5. The molecule has 0 aliphatic carbocycles. The smallest absolute Gasteiger partial charge is 0.243 e. The van der Waals surface area contributed by atoms with Gasteiger partial charge in [-0.05, 0) is 56.3 Å². The Morgan fingerprint density at radius 3 is 2.70 bits per heavy atom. The summed E-state index contributed by atoms with van der Waals surface area (Å²) in [7, 11) is -3.49. The third-order valence-electron chi connectivity index (χ3n) is 4.45. The van der Waals surface area contributed by atoms with E-state index in [0.29, 0.717) is 16.5 Å². The predicted octanol–water partition coefficient (Wildman–Crippen LogP) is 2.93. The first-order chi connectivity index (χ1) is 11.1. The van der Waals surface area contributed by atoms with Crippen LogP contribution in [0.25, 0.3) is 0 Å². The Morgan fingerprint density at radius 2 is 1.96 bits per heavy atom. The van der Waals surface area contributed by atoms with Crippen LogP contribution in [0.4, 0.5) is 0 Å². The van der Waals surface area contributed by atoms with Crippen LogP contribution < -0.4 is 0 Å². The number of nitrogens with zero attached hydrogens (tertiary/aromatic N) is 2. The van der Waals surface area contributed by atoms with Crippen LogP contribution >= 0.6 is 23.4 Å². The van der Waals surface area contributed by atoms with Crippen LogP contribution in [0, 0.1) is 0 Å². The van der Waals surface area contributed by atoms with Crippen molar-refractivity contribution in [2.45, 2.75) is 30.2 Å². The molecule has 0 aromatic heterocycles. The normalized spacial score (nSPS) is 24.7. The third-order valence-corrected chi connectivity index (χ3v) is 7.84. The van der Waals surface area contributed by atoms with Crippen LogP contribution in [-0.2, 0) is 10.0 Å². The zero-order valence-corrected chi connectivity index (χ0v) is 15.5. The molecule has 1 aromatic rings. The van der Waals surface area contributed by atoms with E-state index in [1.165, 1.54) is 12.8 Å². The van der Waals surface area contributed by atoms with Gasteiger partial charge in [0, 0.05) is 29.9 Å². The van der Waals surface area contributed by atoms with Gasteiger partial charge in [0.05, 0.1) is 4.90 Å². The van der Waals surface area contributed by atoms with Crippen molar-refractivity contribution in [2.24, 2.45) is 0 Å². The molecule has 4 nitrogen and oxygen atoms in total. The molecule has 2 heterocycles. The maximum atomic E-state index is 13.1. The molecule has 0 spiro atoms. The molecule has 23 heavy (non-hydrogen) atoms. The average molecular weight is 375 g/mol. The van der Waals surface area contributed by atoms with Crippen molar-refractivity contribution in [1.82, 2.24) is 9.21 Å². The lowest BCUT2D eigenvalue weighted by Gasteiger charge is -2.31. The van der Waals surface area contributed by atoms with Crippen molar-refractivity contribution in [3.63, 3.8) is 0 Å². The van der Waals surface area contributed by atoms with Gasteiger partial charge < -0.3 is 4.90 Å². The summed E-state index contributed by atoms with van der Waals surface area (Å²) in [5, 5.41) is 0.464. The molecule has 1 unspecified atom stereocenters. The number of thioether (sulfide) groups is 1. The van der Waals surface area contributed by atoms with Crippen LogP contribution in [0.5, 0.6) is 0 Å². The molecule has 2 aliphatic rings. The van der Waals surface area contributed by atoms with Crippen LogP contribution in [0.1, 0.15) is 19.3 Å². The highest BCUT2D eigenvalue weighted by Crippen LogP contribution is 2.26. The molecule has 0 bridgehead atoms. The molecular weight excluding hydrogens is 352 g/mol. The summed E-state index contributed by atoms with van der Waals surface area (Å²) in [6.45, 7) is 3.62. The molecule has 7 heteroatoms. The Bertz CT molecular complexity index is 633. The summed E-state index contributed by atoms with van der Waals surface area (Å²) >= 11 is 7.87. The standard InChI is InChI=1S/C16H23ClN2O2S2/c17-14-5-3-6-16(11-14)23(20,21)19-9-4-10-22-13-15(19)12-18-7-1-2-8-18/h3,5-6,11,15H,1-2,4,7-10,12-13H2. The summed E-state index contributed by atoms with van der Waals surface area (Å²) < 4.78 is 28.0. The van der Waals surface area contributed by atoms with Crippen molar-refractivity contribution in [3.05, 3.63) is 29.3 Å². The zero-order valence-electron chi connectivity index (χ0n) is 13.2. The van der Waals surface area contributed by atoms with E-state index in [4.69, 9.17) is 11.6 Å². The molecule has 2 aliphatic heterocycles. The lowest BCUT2D eigenvalue weighted by atomic mass is 10.3. The summed E-state index contributed by atoms with van der Waals surface area (Å²) in [6, 6.07) is 6.66. The van der Waals surface area contributed by atoms with Crippen LogP contribution in [0.2, 0.25) is 5.02 Å². The SMILES string of the molecule is O=S(=O)(c1cccc(Cl)c1)N1CCCSCC1CN1CCCC1. The van der Waals surface area contributed by atoms with Gasteiger partial charge in [0.15, 0.2) is 0 Å². The van der Waals surface area contributed by atoms with Gasteiger partial charge in [-0.25, -0.2) is 8.42 Å². The number of rotatable bonds is 4. The molecule has 0 saturated carbocycles. The zero-order chi connectivity index (χ0) is 16.3. The fraction of sp³-hybridized carbons (Fsp3) is 0.625. The van der Waals surface area contributed by atoms with E-state index in [-0.39, 0.29) is 6.04 Å². The fourth-order valence-corrected chi connectivity index (χ4v) is 6.40. The average Bonchev–Trinajstić information content (AvgIpc) is 2.91. The Balaban J connectivity index is 1.85. The van der Waals surface area contributed by atoms with Gasteiger partial charge in [-0.2, -0.15) is 16.1 Å². The molecule has 1 aromatic carbocycles. The Hall–Kier alpha value is -0.270. The Morgan fingerprint density at radius 1 is 1.17 bits per heavy atom. The molecule has 128 valence electrons. The molecule has 3 rings (SSSR count). The van der Waals surface area contributed by atoms with E-state index in [0.717, 1.165) is 37.6 Å². The van der Waals surface area contributed by atoms with E-state index in [9.17, 15) is 8.42 Å². The second-order valence-electron chi connectivity index (χ2n) is 6.16. The number of benzene rings is 1. The molecule has 0 N–H and O–H groups in total. The Kier molecular flexibility index (Phi) is 5.91. The number of halogens is 1. The van der Waals surface area contributed by atoms with Gasteiger partial charge in [0.1, 0.15) is 0 Å². The first kappa shape index (κ1) is 17.5. The summed E-state index contributed by atoms with van der Waals surface area (Å²) in [6.07, 6.45) is 3.35. The highest BCUT2D eigenvalue weighted by Gasteiger charge is 2.34. The van der Waals surface area contributed by atoms with Crippen LogP contribution in [0.3, 0.4) is 0 Å². The predicted molar refractivity (Wildman–Crippen MR) is 96.7 cm³/mol. The topological polar surface area (TPSA) is 40.6 Å². The second kappa shape index (κ2) is 7.74. The van der Waals surface area contributed by atoms with Crippen molar-refractivity contribution in [1.29, 1.82) is 0 Å². The van der Waals surface area contributed by atoms with Crippen molar-refractivity contribution >= 4 is 33.4 Å². The molecular formula is C16H23ClN2O2S2. The van der Waals surface area contributed by atoms with E-state index >= 15 is 0 Å². The van der Waals surface area contributed by atoms with Crippen molar-refractivity contribution in [2.75, 3.05) is 37.7 Å². The lowest BCUT2D eigenvalue weighted by molar-refractivity contribution is 0.243. The van der Waals surface area contributed by atoms with Gasteiger partial charge >= 0.3 is 0 Å². The molecule has 2 fully saturated rings. The minimum absolute atomic E-state index is 0.0459. The summed E-state index contributed by atoms with van der Waals surface area (Å²) in [4.78, 5) is 2.71. The number of likely N-dealkylation sites (tertiary alicyclic amines) is 1. The van der Waals surface area contributed by atoms with Gasteiger partial charge in [-0.15, -0.1) is 0 Å². The second-order valence-corrected chi connectivity index (χ2v) is 9.64. The van der Waals surface area contributed by atoms with E-state index in [2.05, 4.69) is 4.90 Å². The monoisotopic (exact) mass is 374 g/mol. The number of hydrogen-bond donors (Lipinski definition) is 0. The summed E-state index contributed by atoms with van der Waals surface area (Å²) in [5.74, 6) is 1.90. The first-order valence-electron chi connectivity index (χ1n) is 8.15. The van der Waals surface area contributed by atoms with Gasteiger partial charge in [0.2, 0.25) is 10.0 Å². The van der Waals surface area contributed by atoms with Gasteiger partial charge in [-0.3, -0.25) is 0 Å². The molecule has 1 atom stereocenters. The number of sulfonamides is 1. The van der Waals surface area contributed by atoms with Gasteiger partial charge in [-0.1, -0.05) is 17.7 Å². The molecule has 0 radical (unpaired) electrons. The Labute approximate surface area is 148 Å². The largest absolute Gasteiger partial charge is 0.302 e. The van der Waals surface area contributed by atoms with Gasteiger partial charge in [0.25, 0.3) is 0 Å². The first-order valence-corrected chi connectivity index (χ1v) is 11.1. The van der Waals surface area contributed by atoms with E-state index in [1.54, 1.807) is 28.6 Å². The highest BCUT2D eigenvalue weighted by molar-refractivity contribution is 7.99. The minimum Gasteiger partial charge on any atom is -0.302 e. The number of hydrogen-bond acceptors (Lipinski definition) is 4. The van der Waals surface area contributed by atoms with E-state index < -0.39 is 10.0 Å². The quantitative estimate of drug-likeness (QED) is 0.812.